The van der Waals surface area contributed by atoms with Crippen LogP contribution in [0.3, 0.4) is 0 Å². The first-order valence-corrected chi connectivity index (χ1v) is 11.8. The summed E-state index contributed by atoms with van der Waals surface area (Å²) in [6.07, 6.45) is -1.14. The SMILES string of the molecule is Cc1cc(OC(F)(F)F)cc(-c2nc(NC(O)c3cnc(Cl)cn3)sc2CN2CCC[C@H]2C)c1. The van der Waals surface area contributed by atoms with E-state index < -0.39 is 12.6 Å². The number of aliphatic hydroxyl groups excluding tert-OH is 1. The number of benzene rings is 1. The summed E-state index contributed by atoms with van der Waals surface area (Å²) in [5.74, 6) is -0.304. The molecule has 1 aliphatic rings. The first kappa shape index (κ1) is 24.6. The van der Waals surface area contributed by atoms with Crippen LogP contribution < -0.4 is 10.1 Å². The van der Waals surface area contributed by atoms with Crippen molar-refractivity contribution in [3.63, 3.8) is 0 Å². The summed E-state index contributed by atoms with van der Waals surface area (Å²) in [5, 5.41) is 14.0. The molecule has 7 nitrogen and oxygen atoms in total. The normalized spacial score (nSPS) is 17.7. The van der Waals surface area contributed by atoms with E-state index in [0.29, 0.717) is 34.5 Å². The quantitative estimate of drug-likeness (QED) is 0.401. The molecular formula is C22H23ClF3N5O2S. The predicted octanol–water partition coefficient (Wildman–Crippen LogP) is 5.55. The number of aliphatic hydroxyl groups is 1. The third kappa shape index (κ3) is 6.15. The highest BCUT2D eigenvalue weighted by atomic mass is 35.5. The Morgan fingerprint density at radius 2 is 2.09 bits per heavy atom. The van der Waals surface area contributed by atoms with E-state index in [4.69, 9.17) is 11.6 Å². The fraction of sp³-hybridized carbons (Fsp3) is 0.409. The molecule has 1 aromatic carbocycles. The zero-order valence-corrected chi connectivity index (χ0v) is 20.0. The summed E-state index contributed by atoms with van der Waals surface area (Å²) < 4.78 is 42.7. The highest BCUT2D eigenvalue weighted by Gasteiger charge is 2.31. The van der Waals surface area contributed by atoms with E-state index in [1.165, 1.54) is 35.9 Å². The molecule has 0 radical (unpaired) electrons. The Kier molecular flexibility index (Phi) is 7.27. The van der Waals surface area contributed by atoms with E-state index in [9.17, 15) is 18.3 Å². The van der Waals surface area contributed by atoms with E-state index in [0.717, 1.165) is 24.3 Å². The number of alkyl halides is 3. The number of hydrogen-bond donors (Lipinski definition) is 2. The number of rotatable bonds is 7. The van der Waals surface area contributed by atoms with E-state index in [-0.39, 0.29) is 16.6 Å². The van der Waals surface area contributed by atoms with Gasteiger partial charge in [0.05, 0.1) is 18.1 Å². The molecule has 2 atom stereocenters. The number of ether oxygens (including phenoxy) is 1. The minimum Gasteiger partial charge on any atom is -0.406 e. The van der Waals surface area contributed by atoms with Crippen LogP contribution in [0, 0.1) is 6.92 Å². The molecule has 182 valence electrons. The summed E-state index contributed by atoms with van der Waals surface area (Å²) in [6.45, 7) is 5.37. The minimum absolute atomic E-state index is 0.200. The largest absolute Gasteiger partial charge is 0.573 e. The van der Waals surface area contributed by atoms with Crippen LogP contribution in [0.5, 0.6) is 5.75 Å². The minimum atomic E-state index is -4.79. The number of aryl methyl sites for hydroxylation is 1. The van der Waals surface area contributed by atoms with Crippen LogP contribution in [-0.2, 0) is 6.54 Å². The highest BCUT2D eigenvalue weighted by Crippen LogP contribution is 2.37. The monoisotopic (exact) mass is 513 g/mol. The lowest BCUT2D eigenvalue weighted by molar-refractivity contribution is -0.274. The number of halogens is 4. The Balaban J connectivity index is 1.67. The van der Waals surface area contributed by atoms with Crippen molar-refractivity contribution in [2.24, 2.45) is 0 Å². The number of nitrogens with zero attached hydrogens (tertiary/aromatic N) is 4. The van der Waals surface area contributed by atoms with Gasteiger partial charge in [0.1, 0.15) is 16.6 Å². The van der Waals surface area contributed by atoms with Gasteiger partial charge in [0, 0.05) is 23.0 Å². The molecule has 0 bridgehead atoms. The highest BCUT2D eigenvalue weighted by molar-refractivity contribution is 7.16. The zero-order chi connectivity index (χ0) is 24.5. The van der Waals surface area contributed by atoms with E-state index in [1.54, 1.807) is 13.0 Å². The topological polar surface area (TPSA) is 83.4 Å². The Morgan fingerprint density at radius 1 is 1.29 bits per heavy atom. The first-order chi connectivity index (χ1) is 16.1. The zero-order valence-electron chi connectivity index (χ0n) is 18.4. The Labute approximate surface area is 203 Å². The van der Waals surface area contributed by atoms with Gasteiger partial charge in [0.15, 0.2) is 11.4 Å². The van der Waals surface area contributed by atoms with Crippen LogP contribution in [-0.4, -0.2) is 43.9 Å². The number of nitrogens with one attached hydrogen (secondary N) is 1. The van der Waals surface area contributed by atoms with Crippen molar-refractivity contribution in [2.75, 3.05) is 11.9 Å². The fourth-order valence-corrected chi connectivity index (χ4v) is 5.02. The molecule has 2 N–H and O–H groups in total. The third-order valence-corrected chi connectivity index (χ3v) is 6.64. The second-order valence-corrected chi connectivity index (χ2v) is 9.62. The number of likely N-dealkylation sites (tertiary alicyclic amines) is 1. The van der Waals surface area contributed by atoms with Crippen LogP contribution in [0.25, 0.3) is 11.3 Å². The second kappa shape index (κ2) is 10.0. The molecule has 1 saturated heterocycles. The maximum Gasteiger partial charge on any atom is 0.573 e. The van der Waals surface area contributed by atoms with Crippen LogP contribution in [0.15, 0.2) is 30.6 Å². The molecule has 1 fully saturated rings. The Morgan fingerprint density at radius 3 is 2.74 bits per heavy atom. The first-order valence-electron chi connectivity index (χ1n) is 10.6. The van der Waals surface area contributed by atoms with Gasteiger partial charge >= 0.3 is 6.36 Å². The van der Waals surface area contributed by atoms with Crippen molar-refractivity contribution < 1.29 is 23.0 Å². The molecular weight excluding hydrogens is 491 g/mol. The summed E-state index contributed by atoms with van der Waals surface area (Å²) in [6, 6.07) is 4.81. The average molecular weight is 514 g/mol. The third-order valence-electron chi connectivity index (χ3n) is 5.47. The lowest BCUT2D eigenvalue weighted by Gasteiger charge is -2.20. The van der Waals surface area contributed by atoms with Crippen molar-refractivity contribution >= 4 is 28.1 Å². The Bertz CT molecular complexity index is 1140. The second-order valence-electron chi connectivity index (χ2n) is 8.15. The van der Waals surface area contributed by atoms with Gasteiger partial charge in [0.2, 0.25) is 0 Å². The van der Waals surface area contributed by atoms with Gasteiger partial charge in [-0.15, -0.1) is 24.5 Å². The van der Waals surface area contributed by atoms with Crippen molar-refractivity contribution in [1.29, 1.82) is 0 Å². The van der Waals surface area contributed by atoms with Gasteiger partial charge in [0.25, 0.3) is 0 Å². The maximum absolute atomic E-state index is 12.8. The van der Waals surface area contributed by atoms with Gasteiger partial charge in [-0.1, -0.05) is 11.6 Å². The number of anilines is 1. The van der Waals surface area contributed by atoms with Gasteiger partial charge < -0.3 is 15.2 Å². The number of aromatic nitrogens is 3. The summed E-state index contributed by atoms with van der Waals surface area (Å²) in [4.78, 5) is 15.8. The van der Waals surface area contributed by atoms with Crippen molar-refractivity contribution in [3.05, 3.63) is 51.9 Å². The molecule has 12 heteroatoms. The summed E-state index contributed by atoms with van der Waals surface area (Å²) in [7, 11) is 0. The van der Waals surface area contributed by atoms with Crippen molar-refractivity contribution in [1.82, 2.24) is 19.9 Å². The molecule has 0 aliphatic carbocycles. The van der Waals surface area contributed by atoms with Gasteiger partial charge in [-0.05, 0) is 57.0 Å². The summed E-state index contributed by atoms with van der Waals surface area (Å²) in [5.41, 5.74) is 1.91. The molecule has 0 amide bonds. The van der Waals surface area contributed by atoms with E-state index in [2.05, 4.69) is 36.8 Å². The molecule has 0 spiro atoms. The van der Waals surface area contributed by atoms with Crippen LogP contribution in [0.4, 0.5) is 18.3 Å². The van der Waals surface area contributed by atoms with Gasteiger partial charge in [-0.3, -0.25) is 9.88 Å². The number of hydrogen-bond acceptors (Lipinski definition) is 8. The number of thiazole rings is 1. The van der Waals surface area contributed by atoms with Crippen LogP contribution in [0.1, 0.15) is 42.1 Å². The lowest BCUT2D eigenvalue weighted by Crippen LogP contribution is -2.25. The van der Waals surface area contributed by atoms with E-state index >= 15 is 0 Å². The molecule has 3 heterocycles. The standard InChI is InChI=1S/C22H23ClF3N5O2S/c1-12-6-14(8-15(7-12)33-22(24,25)26)19-17(11-31-5-3-4-13(31)2)34-21(29-19)30-20(32)16-9-28-18(23)10-27-16/h6-10,13,20,32H,3-5,11H2,1-2H3,(H,29,30)/t13-,20?/m1/s1. The predicted molar refractivity (Wildman–Crippen MR) is 124 cm³/mol. The molecule has 1 unspecified atom stereocenters. The van der Waals surface area contributed by atoms with Crippen LogP contribution >= 0.6 is 22.9 Å². The molecule has 34 heavy (non-hydrogen) atoms. The Hall–Kier alpha value is -2.47. The van der Waals surface area contributed by atoms with Gasteiger partial charge in [-0.25, -0.2) is 9.97 Å². The molecule has 2 aromatic heterocycles. The van der Waals surface area contributed by atoms with E-state index in [1.807, 2.05) is 0 Å². The molecule has 1 aliphatic heterocycles. The molecule has 4 rings (SSSR count). The molecule has 0 saturated carbocycles. The van der Waals surface area contributed by atoms with Crippen molar-refractivity contribution in [3.8, 4) is 17.0 Å². The average Bonchev–Trinajstić information content (AvgIpc) is 3.33. The van der Waals surface area contributed by atoms with Crippen LogP contribution in [0.2, 0.25) is 5.15 Å². The smallest absolute Gasteiger partial charge is 0.406 e. The maximum atomic E-state index is 12.8. The van der Waals surface area contributed by atoms with Gasteiger partial charge in [-0.2, -0.15) is 0 Å². The fourth-order valence-electron chi connectivity index (χ4n) is 3.89. The lowest BCUT2D eigenvalue weighted by atomic mass is 10.1. The molecule has 3 aromatic rings. The summed E-state index contributed by atoms with van der Waals surface area (Å²) >= 11 is 7.09. The van der Waals surface area contributed by atoms with Crippen molar-refractivity contribution in [2.45, 2.75) is 51.9 Å².